The van der Waals surface area contributed by atoms with Crippen molar-refractivity contribution in [3.05, 3.63) is 16.1 Å². The van der Waals surface area contributed by atoms with E-state index in [-0.39, 0.29) is 0 Å². The van der Waals surface area contributed by atoms with Crippen molar-refractivity contribution in [2.75, 3.05) is 5.75 Å². The summed E-state index contributed by atoms with van der Waals surface area (Å²) in [4.78, 5) is 5.74. The molecule has 0 N–H and O–H groups in total. The van der Waals surface area contributed by atoms with Crippen LogP contribution < -0.4 is 0 Å². The van der Waals surface area contributed by atoms with E-state index in [0.29, 0.717) is 5.25 Å². The molecule has 1 fully saturated rings. The number of thioether (sulfide) groups is 1. The third-order valence-corrected chi connectivity index (χ3v) is 4.41. The molecule has 60 valence electrons. The highest BCUT2D eigenvalue weighted by atomic mass is 32.2. The highest BCUT2D eigenvalue weighted by molar-refractivity contribution is 7.99. The molecule has 1 saturated heterocycles. The van der Waals surface area contributed by atoms with Crippen LogP contribution in [0.1, 0.15) is 28.0 Å². The number of rotatable bonds is 1. The molecule has 0 radical (unpaired) electrons. The number of nitrogens with zero attached hydrogens (tertiary/aromatic N) is 1. The second-order valence-electron chi connectivity index (χ2n) is 2.81. The van der Waals surface area contributed by atoms with E-state index in [1.807, 2.05) is 17.5 Å². The molecule has 1 atom stereocenters. The van der Waals surface area contributed by atoms with Gasteiger partial charge in [-0.15, -0.1) is 11.3 Å². The van der Waals surface area contributed by atoms with Crippen LogP contribution in [0.3, 0.4) is 0 Å². The van der Waals surface area contributed by atoms with Crippen molar-refractivity contribution in [3.63, 3.8) is 0 Å². The van der Waals surface area contributed by atoms with Gasteiger partial charge in [0, 0.05) is 11.1 Å². The topological polar surface area (TPSA) is 12.9 Å². The van der Waals surface area contributed by atoms with Crippen LogP contribution in [0.2, 0.25) is 0 Å². The number of aromatic nitrogens is 1. The first-order valence-electron chi connectivity index (χ1n) is 3.90. The minimum absolute atomic E-state index is 0.716. The maximum Gasteiger partial charge on any atom is 0.106 e. The average molecular weight is 185 g/mol. The highest BCUT2D eigenvalue weighted by Gasteiger charge is 2.19. The lowest BCUT2D eigenvalue weighted by molar-refractivity contribution is 0.823. The van der Waals surface area contributed by atoms with Gasteiger partial charge in [0.15, 0.2) is 0 Å². The molecule has 2 rings (SSSR count). The Morgan fingerprint density at radius 3 is 3.09 bits per heavy atom. The zero-order chi connectivity index (χ0) is 7.68. The van der Waals surface area contributed by atoms with E-state index in [1.54, 1.807) is 0 Å². The fraction of sp³-hybridized carbons (Fsp3) is 0.625. The summed E-state index contributed by atoms with van der Waals surface area (Å²) in [5.41, 5.74) is 0. The van der Waals surface area contributed by atoms with Crippen molar-refractivity contribution in [3.8, 4) is 0 Å². The van der Waals surface area contributed by atoms with Gasteiger partial charge in [0.1, 0.15) is 5.01 Å². The Morgan fingerprint density at radius 2 is 2.55 bits per heavy atom. The molecule has 0 spiro atoms. The minimum atomic E-state index is 0.716. The van der Waals surface area contributed by atoms with Crippen LogP contribution in [-0.4, -0.2) is 10.7 Å². The minimum Gasteiger partial charge on any atom is -0.248 e. The van der Waals surface area contributed by atoms with Crippen molar-refractivity contribution in [2.24, 2.45) is 0 Å². The first-order valence-corrected chi connectivity index (χ1v) is 5.77. The second-order valence-corrected chi connectivity index (χ2v) is 5.39. The smallest absolute Gasteiger partial charge is 0.106 e. The molecule has 1 unspecified atom stereocenters. The number of thiazole rings is 1. The van der Waals surface area contributed by atoms with Gasteiger partial charge in [-0.05, 0) is 25.5 Å². The van der Waals surface area contributed by atoms with Crippen LogP contribution in [0.15, 0.2) is 6.20 Å². The first-order chi connectivity index (χ1) is 5.36. The Labute approximate surface area is 75.2 Å². The maximum absolute atomic E-state index is 4.40. The molecule has 1 aliphatic heterocycles. The fourth-order valence-electron chi connectivity index (χ4n) is 1.29. The largest absolute Gasteiger partial charge is 0.248 e. The van der Waals surface area contributed by atoms with Gasteiger partial charge < -0.3 is 0 Å². The zero-order valence-corrected chi connectivity index (χ0v) is 8.17. The molecule has 0 amide bonds. The third kappa shape index (κ3) is 1.59. The van der Waals surface area contributed by atoms with Crippen LogP contribution in [0, 0.1) is 6.92 Å². The number of hydrogen-bond acceptors (Lipinski definition) is 3. The van der Waals surface area contributed by atoms with Crippen molar-refractivity contribution < 1.29 is 0 Å². The molecule has 1 aromatic heterocycles. The number of aryl methyl sites for hydroxylation is 1. The molecule has 1 aromatic rings. The second kappa shape index (κ2) is 3.15. The zero-order valence-electron chi connectivity index (χ0n) is 6.54. The molecule has 3 heteroatoms. The lowest BCUT2D eigenvalue weighted by Crippen LogP contribution is -1.84. The Hall–Kier alpha value is -0.0200. The summed E-state index contributed by atoms with van der Waals surface area (Å²) >= 11 is 3.91. The molecule has 0 bridgehead atoms. The van der Waals surface area contributed by atoms with E-state index in [2.05, 4.69) is 23.7 Å². The van der Waals surface area contributed by atoms with Crippen LogP contribution >= 0.6 is 23.1 Å². The summed E-state index contributed by atoms with van der Waals surface area (Å²) < 4.78 is 0. The molecular weight excluding hydrogens is 174 g/mol. The van der Waals surface area contributed by atoms with Gasteiger partial charge in [-0.25, -0.2) is 4.98 Å². The van der Waals surface area contributed by atoms with Gasteiger partial charge in [-0.1, -0.05) is 0 Å². The maximum atomic E-state index is 4.40. The summed E-state index contributed by atoms with van der Waals surface area (Å²) in [6.45, 7) is 2.13. The average Bonchev–Trinajstić information content (AvgIpc) is 2.55. The van der Waals surface area contributed by atoms with E-state index in [9.17, 15) is 0 Å². The van der Waals surface area contributed by atoms with Crippen LogP contribution in [-0.2, 0) is 0 Å². The highest BCUT2D eigenvalue weighted by Crippen LogP contribution is 2.41. The van der Waals surface area contributed by atoms with Gasteiger partial charge >= 0.3 is 0 Å². The van der Waals surface area contributed by atoms with Crippen molar-refractivity contribution in [1.29, 1.82) is 0 Å². The summed E-state index contributed by atoms with van der Waals surface area (Å²) in [7, 11) is 0. The summed E-state index contributed by atoms with van der Waals surface area (Å²) in [5.74, 6) is 1.32. The molecule has 0 aliphatic carbocycles. The van der Waals surface area contributed by atoms with Gasteiger partial charge in [0.05, 0.1) is 5.25 Å². The van der Waals surface area contributed by atoms with Crippen molar-refractivity contribution in [1.82, 2.24) is 4.98 Å². The molecule has 1 nitrogen and oxygen atoms in total. The van der Waals surface area contributed by atoms with Gasteiger partial charge in [0.25, 0.3) is 0 Å². The molecule has 0 saturated carbocycles. The summed E-state index contributed by atoms with van der Waals surface area (Å²) in [5, 5.41) is 2.05. The summed E-state index contributed by atoms with van der Waals surface area (Å²) in [6.07, 6.45) is 4.68. The number of hydrogen-bond donors (Lipinski definition) is 0. The Morgan fingerprint density at radius 1 is 1.64 bits per heavy atom. The Bertz CT molecular complexity index is 238. The first kappa shape index (κ1) is 7.62. The third-order valence-electron chi connectivity index (χ3n) is 1.84. The normalized spacial score (nSPS) is 24.3. The van der Waals surface area contributed by atoms with Crippen molar-refractivity contribution in [2.45, 2.75) is 25.0 Å². The molecule has 1 aliphatic rings. The SMILES string of the molecule is Cc1cnc(C2CCCS2)s1. The van der Waals surface area contributed by atoms with Crippen LogP contribution in [0.25, 0.3) is 0 Å². The predicted octanol–water partition coefficient (Wildman–Crippen LogP) is 3.02. The standard InChI is InChI=1S/C8H11NS2/c1-6-5-9-8(11-6)7-3-2-4-10-7/h5,7H,2-4H2,1H3. The fourth-order valence-corrected chi connectivity index (χ4v) is 3.59. The predicted molar refractivity (Wildman–Crippen MR) is 51.3 cm³/mol. The molecular formula is C8H11NS2. The van der Waals surface area contributed by atoms with Crippen LogP contribution in [0.4, 0.5) is 0 Å². The Balaban J connectivity index is 2.15. The Kier molecular flexibility index (Phi) is 2.18. The van der Waals surface area contributed by atoms with E-state index >= 15 is 0 Å². The van der Waals surface area contributed by atoms with Gasteiger partial charge in [0.2, 0.25) is 0 Å². The molecule has 0 aromatic carbocycles. The quantitative estimate of drug-likeness (QED) is 0.667. The van der Waals surface area contributed by atoms with Crippen molar-refractivity contribution >= 4 is 23.1 Å². The van der Waals surface area contributed by atoms with Crippen LogP contribution in [0.5, 0.6) is 0 Å². The van der Waals surface area contributed by atoms with Gasteiger partial charge in [-0.2, -0.15) is 11.8 Å². The molecule has 11 heavy (non-hydrogen) atoms. The van der Waals surface area contributed by atoms with E-state index < -0.39 is 0 Å². The lowest BCUT2D eigenvalue weighted by atomic mass is 10.3. The molecule has 2 heterocycles. The van der Waals surface area contributed by atoms with E-state index in [1.165, 1.54) is 28.5 Å². The van der Waals surface area contributed by atoms with E-state index in [0.717, 1.165) is 0 Å². The summed E-state index contributed by atoms with van der Waals surface area (Å²) in [6, 6.07) is 0. The van der Waals surface area contributed by atoms with E-state index in [4.69, 9.17) is 0 Å². The van der Waals surface area contributed by atoms with Gasteiger partial charge in [-0.3, -0.25) is 0 Å². The monoisotopic (exact) mass is 185 g/mol. The lowest BCUT2D eigenvalue weighted by Gasteiger charge is -2.01.